The maximum absolute atomic E-state index is 13.1. The lowest BCUT2D eigenvalue weighted by Gasteiger charge is -1.97. The summed E-state index contributed by atoms with van der Waals surface area (Å²) in [6.45, 7) is 4.07. The zero-order valence-corrected chi connectivity index (χ0v) is 14.9. The normalized spacial score (nSPS) is 11.7. The van der Waals surface area contributed by atoms with E-state index in [1.807, 2.05) is 26.0 Å². The molecule has 2 aromatic heterocycles. The van der Waals surface area contributed by atoms with Gasteiger partial charge in [0, 0.05) is 11.6 Å². The van der Waals surface area contributed by atoms with Crippen LogP contribution in [0.4, 0.5) is 4.39 Å². The second-order valence-electron chi connectivity index (χ2n) is 6.42. The maximum atomic E-state index is 13.1. The van der Waals surface area contributed by atoms with Crippen molar-refractivity contribution in [1.29, 1.82) is 5.26 Å². The summed E-state index contributed by atoms with van der Waals surface area (Å²) in [7, 11) is 0. The van der Waals surface area contributed by atoms with Crippen molar-refractivity contribution in [3.63, 3.8) is 0 Å². The minimum Gasteiger partial charge on any atom is -0.457 e. The molecule has 5 heteroatoms. The average Bonchev–Trinajstić information content (AvgIpc) is 3.27. The molecule has 132 valence electrons. The maximum Gasteiger partial charge on any atom is 0.149 e. The minimum absolute atomic E-state index is 0.299. The summed E-state index contributed by atoms with van der Waals surface area (Å²) >= 11 is 0. The first-order valence-corrected chi connectivity index (χ1v) is 8.48. The number of hydrogen-bond donors (Lipinski definition) is 1. The summed E-state index contributed by atoms with van der Waals surface area (Å²) < 4.78 is 18.8. The Morgan fingerprint density at radius 2 is 1.85 bits per heavy atom. The smallest absolute Gasteiger partial charge is 0.149 e. The van der Waals surface area contributed by atoms with Crippen LogP contribution in [0.15, 0.2) is 52.9 Å². The molecule has 0 atom stereocenters. The van der Waals surface area contributed by atoms with Gasteiger partial charge in [-0.05, 0) is 73.5 Å². The van der Waals surface area contributed by atoms with Gasteiger partial charge in [-0.15, -0.1) is 0 Å². The largest absolute Gasteiger partial charge is 0.457 e. The molecule has 4 aromatic rings. The number of benzene rings is 2. The zero-order valence-electron chi connectivity index (χ0n) is 14.9. The van der Waals surface area contributed by atoms with Crippen LogP contribution in [0.25, 0.3) is 34.0 Å². The summed E-state index contributed by atoms with van der Waals surface area (Å²) in [6, 6.07) is 15.8. The highest BCUT2D eigenvalue weighted by atomic mass is 19.1. The van der Waals surface area contributed by atoms with Crippen LogP contribution in [0.1, 0.15) is 22.7 Å². The van der Waals surface area contributed by atoms with E-state index in [1.54, 1.807) is 30.3 Å². The van der Waals surface area contributed by atoms with E-state index in [0.717, 1.165) is 27.7 Å². The summed E-state index contributed by atoms with van der Waals surface area (Å²) in [5, 5.41) is 9.57. The lowest BCUT2D eigenvalue weighted by atomic mass is 10.1. The van der Waals surface area contributed by atoms with Crippen LogP contribution in [-0.4, -0.2) is 9.97 Å². The Morgan fingerprint density at radius 3 is 2.59 bits per heavy atom. The van der Waals surface area contributed by atoms with Crippen molar-refractivity contribution in [2.45, 2.75) is 13.8 Å². The minimum atomic E-state index is -0.299. The first kappa shape index (κ1) is 16.8. The summed E-state index contributed by atoms with van der Waals surface area (Å²) in [6.07, 6.45) is 1.64. The molecular weight excluding hydrogens is 341 g/mol. The molecule has 0 fully saturated rings. The number of furan rings is 1. The van der Waals surface area contributed by atoms with E-state index in [0.29, 0.717) is 22.9 Å². The van der Waals surface area contributed by atoms with E-state index >= 15 is 0 Å². The van der Waals surface area contributed by atoms with Gasteiger partial charge >= 0.3 is 0 Å². The van der Waals surface area contributed by atoms with Gasteiger partial charge in [-0.1, -0.05) is 0 Å². The number of rotatable bonds is 3. The molecule has 0 saturated carbocycles. The van der Waals surface area contributed by atoms with Gasteiger partial charge in [-0.3, -0.25) is 0 Å². The lowest BCUT2D eigenvalue weighted by Crippen LogP contribution is -1.84. The third-order valence-electron chi connectivity index (χ3n) is 4.52. The highest BCUT2D eigenvalue weighted by molar-refractivity contribution is 5.90. The predicted molar refractivity (Wildman–Crippen MR) is 103 cm³/mol. The third kappa shape index (κ3) is 3.25. The fourth-order valence-corrected chi connectivity index (χ4v) is 2.89. The van der Waals surface area contributed by atoms with E-state index in [9.17, 15) is 9.65 Å². The van der Waals surface area contributed by atoms with E-state index in [1.165, 1.54) is 12.1 Å². The monoisotopic (exact) mass is 357 g/mol. The van der Waals surface area contributed by atoms with Crippen molar-refractivity contribution in [2.24, 2.45) is 0 Å². The SMILES string of the molecule is Cc1cc2nc(C(C#N)=Cc3ccc(-c4ccc(F)cc4)o3)[nH]c2cc1C. The Balaban J connectivity index is 1.70. The summed E-state index contributed by atoms with van der Waals surface area (Å²) in [5.74, 6) is 1.33. The Hall–Kier alpha value is -3.65. The molecule has 1 N–H and O–H groups in total. The molecule has 0 aliphatic carbocycles. The Bertz CT molecular complexity index is 1170. The molecule has 0 saturated heterocycles. The second kappa shape index (κ2) is 6.58. The number of nitriles is 1. The molecule has 2 aromatic carbocycles. The summed E-state index contributed by atoms with van der Waals surface area (Å²) in [4.78, 5) is 7.72. The number of imidazole rings is 1. The lowest BCUT2D eigenvalue weighted by molar-refractivity contribution is 0.571. The molecule has 0 bridgehead atoms. The van der Waals surface area contributed by atoms with Crippen LogP contribution < -0.4 is 0 Å². The predicted octanol–water partition coefficient (Wildman–Crippen LogP) is 5.64. The van der Waals surface area contributed by atoms with Gasteiger partial charge in [-0.25, -0.2) is 9.37 Å². The molecular formula is C22H16FN3O. The van der Waals surface area contributed by atoms with Gasteiger partial charge < -0.3 is 9.40 Å². The molecule has 4 nitrogen and oxygen atoms in total. The average molecular weight is 357 g/mol. The standard InChI is InChI=1S/C22H16FN3O/c1-13-9-19-20(10-14(13)2)26-22(25-19)16(12-24)11-18-7-8-21(27-18)15-3-5-17(23)6-4-15/h3-11H,1-2H3,(H,25,26). The van der Waals surface area contributed by atoms with Gasteiger partial charge in [0.25, 0.3) is 0 Å². The Labute approximate surface area is 155 Å². The Kier molecular flexibility index (Phi) is 4.09. The van der Waals surface area contributed by atoms with Crippen molar-refractivity contribution in [1.82, 2.24) is 9.97 Å². The van der Waals surface area contributed by atoms with Crippen LogP contribution >= 0.6 is 0 Å². The number of aryl methyl sites for hydroxylation is 2. The van der Waals surface area contributed by atoms with E-state index < -0.39 is 0 Å². The molecule has 0 unspecified atom stereocenters. The van der Waals surface area contributed by atoms with Crippen LogP contribution in [0.3, 0.4) is 0 Å². The van der Waals surface area contributed by atoms with E-state index in [2.05, 4.69) is 16.0 Å². The number of aromatic nitrogens is 2. The van der Waals surface area contributed by atoms with Crippen molar-refractivity contribution in [2.75, 3.05) is 0 Å². The van der Waals surface area contributed by atoms with Gasteiger partial charge in [0.15, 0.2) is 0 Å². The van der Waals surface area contributed by atoms with Crippen molar-refractivity contribution >= 4 is 22.7 Å². The number of aromatic amines is 1. The molecule has 0 amide bonds. The van der Waals surface area contributed by atoms with Gasteiger partial charge in [-0.2, -0.15) is 5.26 Å². The number of nitrogens with one attached hydrogen (secondary N) is 1. The first-order valence-electron chi connectivity index (χ1n) is 8.48. The fraction of sp³-hybridized carbons (Fsp3) is 0.0909. The zero-order chi connectivity index (χ0) is 19.0. The van der Waals surface area contributed by atoms with E-state index in [-0.39, 0.29) is 5.82 Å². The van der Waals surface area contributed by atoms with E-state index in [4.69, 9.17) is 4.42 Å². The van der Waals surface area contributed by atoms with Crippen LogP contribution in [0.5, 0.6) is 0 Å². The summed E-state index contributed by atoms with van der Waals surface area (Å²) in [5.41, 5.74) is 5.17. The van der Waals surface area contributed by atoms with Crippen molar-refractivity contribution in [3.8, 4) is 17.4 Å². The number of halogens is 1. The number of allylic oxidation sites excluding steroid dienone is 1. The molecule has 0 aliphatic rings. The van der Waals surface area contributed by atoms with Gasteiger partial charge in [0.2, 0.25) is 0 Å². The van der Waals surface area contributed by atoms with Gasteiger partial charge in [0.05, 0.1) is 16.6 Å². The van der Waals surface area contributed by atoms with Crippen LogP contribution in [-0.2, 0) is 0 Å². The molecule has 0 spiro atoms. The topological polar surface area (TPSA) is 65.6 Å². The molecule has 0 radical (unpaired) electrons. The Morgan fingerprint density at radius 1 is 1.11 bits per heavy atom. The van der Waals surface area contributed by atoms with Crippen LogP contribution in [0.2, 0.25) is 0 Å². The first-order chi connectivity index (χ1) is 13.0. The second-order valence-corrected chi connectivity index (χ2v) is 6.42. The number of hydrogen-bond acceptors (Lipinski definition) is 3. The molecule has 4 rings (SSSR count). The highest BCUT2D eigenvalue weighted by Gasteiger charge is 2.11. The van der Waals surface area contributed by atoms with Gasteiger partial charge in [0.1, 0.15) is 29.2 Å². The van der Waals surface area contributed by atoms with Crippen LogP contribution in [0, 0.1) is 31.0 Å². The highest BCUT2D eigenvalue weighted by Crippen LogP contribution is 2.26. The quantitative estimate of drug-likeness (QED) is 0.482. The molecule has 0 aliphatic heterocycles. The third-order valence-corrected chi connectivity index (χ3v) is 4.52. The van der Waals surface area contributed by atoms with Crippen molar-refractivity contribution in [3.05, 3.63) is 77.1 Å². The molecule has 2 heterocycles. The fourth-order valence-electron chi connectivity index (χ4n) is 2.89. The number of nitrogens with zero attached hydrogens (tertiary/aromatic N) is 2. The number of fused-ring (bicyclic) bond motifs is 1. The van der Waals surface area contributed by atoms with Crippen molar-refractivity contribution < 1.29 is 8.81 Å². The number of H-pyrrole nitrogens is 1. The molecule has 27 heavy (non-hydrogen) atoms.